The van der Waals surface area contributed by atoms with Crippen LogP contribution in [0, 0.1) is 0 Å². The molecule has 0 aliphatic carbocycles. The summed E-state index contributed by atoms with van der Waals surface area (Å²) < 4.78 is 0.978. The second-order valence-corrected chi connectivity index (χ2v) is 5.15. The Morgan fingerprint density at radius 2 is 1.83 bits per heavy atom. The first-order chi connectivity index (χ1) is 8.70. The van der Waals surface area contributed by atoms with E-state index >= 15 is 0 Å². The fourth-order valence-electron chi connectivity index (χ4n) is 1.89. The molecule has 3 heteroatoms. The van der Waals surface area contributed by atoms with Gasteiger partial charge in [-0.1, -0.05) is 52.3 Å². The molecule has 2 nitrogen and oxygen atoms in total. The third-order valence-electron chi connectivity index (χ3n) is 2.84. The number of aliphatic hydroxyl groups is 1. The van der Waals surface area contributed by atoms with E-state index in [2.05, 4.69) is 21.2 Å². The first kappa shape index (κ1) is 13.3. The fraction of sp³-hybridized carbons (Fsp3) is 0.200. The van der Waals surface area contributed by atoms with E-state index in [0.717, 1.165) is 22.1 Å². The lowest BCUT2D eigenvalue weighted by atomic mass is 10.0. The van der Waals surface area contributed by atoms with Crippen molar-refractivity contribution in [3.63, 3.8) is 0 Å². The molecule has 0 heterocycles. The highest BCUT2D eigenvalue weighted by Gasteiger charge is 2.10. The molecule has 2 rings (SSSR count). The average molecular weight is 306 g/mol. The van der Waals surface area contributed by atoms with Crippen LogP contribution in [0.2, 0.25) is 0 Å². The van der Waals surface area contributed by atoms with Crippen molar-refractivity contribution < 1.29 is 5.11 Å². The largest absolute Gasteiger partial charge is 0.384 e. The Morgan fingerprint density at radius 1 is 1.11 bits per heavy atom. The Labute approximate surface area is 116 Å². The number of hydrogen-bond donors (Lipinski definition) is 2. The maximum absolute atomic E-state index is 10.3. The third-order valence-corrected chi connectivity index (χ3v) is 3.33. The van der Waals surface area contributed by atoms with Crippen LogP contribution in [0.5, 0.6) is 0 Å². The van der Waals surface area contributed by atoms with Crippen LogP contribution in [0.3, 0.4) is 0 Å². The third kappa shape index (κ3) is 3.19. The SMILES string of the molecule is CNCc1ccc(C(O)c2cccc(Br)c2)cc1. The maximum atomic E-state index is 10.3. The van der Waals surface area contributed by atoms with Crippen LogP contribution in [-0.2, 0) is 6.54 Å². The molecule has 2 N–H and O–H groups in total. The fourth-order valence-corrected chi connectivity index (χ4v) is 2.31. The van der Waals surface area contributed by atoms with Crippen molar-refractivity contribution in [1.29, 1.82) is 0 Å². The van der Waals surface area contributed by atoms with Crippen LogP contribution in [0.1, 0.15) is 22.8 Å². The lowest BCUT2D eigenvalue weighted by molar-refractivity contribution is 0.220. The lowest BCUT2D eigenvalue weighted by Gasteiger charge is -2.12. The minimum atomic E-state index is -0.578. The Bertz CT molecular complexity index is 510. The van der Waals surface area contributed by atoms with Crippen molar-refractivity contribution in [2.45, 2.75) is 12.6 Å². The van der Waals surface area contributed by atoms with Crippen LogP contribution < -0.4 is 5.32 Å². The molecule has 2 aromatic carbocycles. The van der Waals surface area contributed by atoms with Crippen molar-refractivity contribution in [3.8, 4) is 0 Å². The normalized spacial score (nSPS) is 12.4. The summed E-state index contributed by atoms with van der Waals surface area (Å²) in [5.41, 5.74) is 3.02. The number of halogens is 1. The lowest BCUT2D eigenvalue weighted by Crippen LogP contribution is -2.05. The van der Waals surface area contributed by atoms with E-state index in [9.17, 15) is 5.11 Å². The number of aliphatic hydroxyl groups excluding tert-OH is 1. The molecule has 0 aliphatic rings. The summed E-state index contributed by atoms with van der Waals surface area (Å²) in [5.74, 6) is 0. The van der Waals surface area contributed by atoms with Crippen LogP contribution in [0.4, 0.5) is 0 Å². The minimum Gasteiger partial charge on any atom is -0.384 e. The Kier molecular flexibility index (Phi) is 4.53. The predicted octanol–water partition coefficient (Wildman–Crippen LogP) is 3.25. The molecule has 0 radical (unpaired) electrons. The molecule has 1 unspecified atom stereocenters. The van der Waals surface area contributed by atoms with Gasteiger partial charge in [0.05, 0.1) is 0 Å². The van der Waals surface area contributed by atoms with E-state index in [4.69, 9.17) is 0 Å². The molecule has 0 aromatic heterocycles. The highest BCUT2D eigenvalue weighted by atomic mass is 79.9. The number of hydrogen-bond acceptors (Lipinski definition) is 2. The zero-order chi connectivity index (χ0) is 13.0. The average Bonchev–Trinajstić information content (AvgIpc) is 2.39. The van der Waals surface area contributed by atoms with Gasteiger partial charge in [-0.15, -0.1) is 0 Å². The quantitative estimate of drug-likeness (QED) is 0.909. The summed E-state index contributed by atoms with van der Waals surface area (Å²) >= 11 is 3.42. The Balaban J connectivity index is 2.20. The number of nitrogens with one attached hydrogen (secondary N) is 1. The first-order valence-electron chi connectivity index (χ1n) is 5.87. The summed E-state index contributed by atoms with van der Waals surface area (Å²) in [7, 11) is 1.92. The molecule has 0 saturated heterocycles. The highest BCUT2D eigenvalue weighted by Crippen LogP contribution is 2.24. The Hall–Kier alpha value is -1.16. The van der Waals surface area contributed by atoms with Crippen molar-refractivity contribution in [1.82, 2.24) is 5.32 Å². The summed E-state index contributed by atoms with van der Waals surface area (Å²) in [6, 6.07) is 15.8. The number of benzene rings is 2. The standard InChI is InChI=1S/C15H16BrNO/c1-17-10-11-5-7-12(8-6-11)15(18)13-3-2-4-14(16)9-13/h2-9,15,17-18H,10H2,1H3. The molecule has 18 heavy (non-hydrogen) atoms. The molecule has 94 valence electrons. The van der Waals surface area contributed by atoms with Crippen molar-refractivity contribution >= 4 is 15.9 Å². The van der Waals surface area contributed by atoms with Gasteiger partial charge < -0.3 is 10.4 Å². The van der Waals surface area contributed by atoms with Gasteiger partial charge in [-0.05, 0) is 35.9 Å². The van der Waals surface area contributed by atoms with Gasteiger partial charge in [0.25, 0.3) is 0 Å². The van der Waals surface area contributed by atoms with Crippen LogP contribution in [-0.4, -0.2) is 12.2 Å². The maximum Gasteiger partial charge on any atom is 0.104 e. The van der Waals surface area contributed by atoms with Crippen LogP contribution in [0.15, 0.2) is 53.0 Å². The van der Waals surface area contributed by atoms with Gasteiger partial charge in [0.15, 0.2) is 0 Å². The van der Waals surface area contributed by atoms with E-state index in [-0.39, 0.29) is 0 Å². The van der Waals surface area contributed by atoms with Crippen LogP contribution >= 0.6 is 15.9 Å². The first-order valence-corrected chi connectivity index (χ1v) is 6.67. The van der Waals surface area contributed by atoms with Crippen molar-refractivity contribution in [2.24, 2.45) is 0 Å². The van der Waals surface area contributed by atoms with Crippen molar-refractivity contribution in [3.05, 3.63) is 69.7 Å². The zero-order valence-electron chi connectivity index (χ0n) is 10.2. The predicted molar refractivity (Wildman–Crippen MR) is 77.4 cm³/mol. The molecule has 0 spiro atoms. The molecular weight excluding hydrogens is 290 g/mol. The van der Waals surface area contributed by atoms with E-state index in [0.29, 0.717) is 0 Å². The van der Waals surface area contributed by atoms with E-state index in [1.54, 1.807) is 0 Å². The molecule has 0 saturated carbocycles. The molecule has 0 aliphatic heterocycles. The summed E-state index contributed by atoms with van der Waals surface area (Å²) in [6.45, 7) is 0.841. The van der Waals surface area contributed by atoms with Gasteiger partial charge in [0, 0.05) is 11.0 Å². The van der Waals surface area contributed by atoms with Crippen molar-refractivity contribution in [2.75, 3.05) is 7.05 Å². The van der Waals surface area contributed by atoms with Gasteiger partial charge in [-0.2, -0.15) is 0 Å². The van der Waals surface area contributed by atoms with E-state index in [1.165, 1.54) is 5.56 Å². The molecule has 2 aromatic rings. The van der Waals surface area contributed by atoms with Gasteiger partial charge in [0.2, 0.25) is 0 Å². The topological polar surface area (TPSA) is 32.3 Å². The van der Waals surface area contributed by atoms with Gasteiger partial charge in [-0.25, -0.2) is 0 Å². The molecule has 1 atom stereocenters. The van der Waals surface area contributed by atoms with Gasteiger partial charge in [0.1, 0.15) is 6.10 Å². The summed E-state index contributed by atoms with van der Waals surface area (Å²) in [6.07, 6.45) is -0.578. The second kappa shape index (κ2) is 6.14. The molecule has 0 fully saturated rings. The highest BCUT2D eigenvalue weighted by molar-refractivity contribution is 9.10. The number of rotatable bonds is 4. The summed E-state index contributed by atoms with van der Waals surface area (Å²) in [4.78, 5) is 0. The Morgan fingerprint density at radius 3 is 2.44 bits per heavy atom. The smallest absolute Gasteiger partial charge is 0.104 e. The summed E-state index contributed by atoms with van der Waals surface area (Å²) in [5, 5.41) is 13.4. The monoisotopic (exact) mass is 305 g/mol. The van der Waals surface area contributed by atoms with Crippen LogP contribution in [0.25, 0.3) is 0 Å². The van der Waals surface area contributed by atoms with Gasteiger partial charge in [-0.3, -0.25) is 0 Å². The van der Waals surface area contributed by atoms with E-state index < -0.39 is 6.10 Å². The van der Waals surface area contributed by atoms with Gasteiger partial charge >= 0.3 is 0 Å². The van der Waals surface area contributed by atoms with E-state index in [1.807, 2.05) is 55.6 Å². The second-order valence-electron chi connectivity index (χ2n) is 4.23. The molecule has 0 bridgehead atoms. The molecule has 0 amide bonds. The zero-order valence-corrected chi connectivity index (χ0v) is 11.8. The molecular formula is C15H16BrNO. The minimum absolute atomic E-state index is 0.578.